The molecule has 0 radical (unpaired) electrons. The number of fused-ring (bicyclic) bond motifs is 2. The molecule has 2 aliphatic heterocycles. The van der Waals surface area contributed by atoms with Crippen LogP contribution in [0.1, 0.15) is 28.2 Å². The molecule has 170 valence electrons. The Hall–Kier alpha value is -3.54. The number of rotatable bonds is 3. The minimum absolute atomic E-state index is 0.0159. The van der Waals surface area contributed by atoms with Gasteiger partial charge in [-0.15, -0.1) is 0 Å². The number of hydrogen-bond donors (Lipinski definition) is 1. The van der Waals surface area contributed by atoms with Gasteiger partial charge in [-0.3, -0.25) is 4.31 Å². The molecule has 8 heteroatoms. The maximum Gasteiger partial charge on any atom is 0.265 e. The second kappa shape index (κ2) is 8.35. The highest BCUT2D eigenvalue weighted by Gasteiger charge is 2.47. The molecule has 0 saturated carbocycles. The molecule has 3 aromatic carbocycles. The summed E-state index contributed by atoms with van der Waals surface area (Å²) in [6.45, 7) is 2.12. The Balaban J connectivity index is 1.76. The molecule has 3 aromatic rings. The summed E-state index contributed by atoms with van der Waals surface area (Å²) in [4.78, 5) is 0.0159. The van der Waals surface area contributed by atoms with E-state index < -0.39 is 15.9 Å². The Morgan fingerprint density at radius 2 is 1.82 bits per heavy atom. The van der Waals surface area contributed by atoms with Crippen LogP contribution in [-0.2, 0) is 21.3 Å². The van der Waals surface area contributed by atoms with Gasteiger partial charge in [0.15, 0.2) is 5.76 Å². The van der Waals surface area contributed by atoms with Gasteiger partial charge in [-0.25, -0.2) is 8.42 Å². The second-order valence-corrected chi connectivity index (χ2v) is 10.9. The molecule has 0 fully saturated rings. The summed E-state index contributed by atoms with van der Waals surface area (Å²) in [6, 6.07) is 24.2. The predicted molar refractivity (Wildman–Crippen MR) is 134 cm³/mol. The molecule has 2 N–H and O–H groups in total. The molecular weight excluding hydrogens is 514 g/mol. The molecule has 0 aromatic heterocycles. The van der Waals surface area contributed by atoms with Crippen molar-refractivity contribution in [2.24, 2.45) is 5.73 Å². The Labute approximate surface area is 206 Å². The Morgan fingerprint density at radius 1 is 1.09 bits per heavy atom. The Morgan fingerprint density at radius 3 is 2.53 bits per heavy atom. The maximum absolute atomic E-state index is 14.2. The molecule has 6 nitrogen and oxygen atoms in total. The average molecular weight is 534 g/mol. The molecule has 0 unspecified atom stereocenters. The highest BCUT2D eigenvalue weighted by atomic mass is 79.9. The number of para-hydroxylation sites is 1. The van der Waals surface area contributed by atoms with Gasteiger partial charge in [0.25, 0.3) is 10.0 Å². The van der Waals surface area contributed by atoms with E-state index in [0.717, 1.165) is 15.6 Å². The number of aryl methyl sites for hydroxylation is 1. The third-order valence-electron chi connectivity index (χ3n) is 5.99. The highest BCUT2D eigenvalue weighted by molar-refractivity contribution is 9.10. The molecule has 2 heterocycles. The molecule has 0 spiro atoms. The normalized spacial score (nSPS) is 18.6. The molecule has 34 heavy (non-hydrogen) atoms. The van der Waals surface area contributed by atoms with E-state index in [0.29, 0.717) is 16.8 Å². The van der Waals surface area contributed by atoms with Gasteiger partial charge in [-0.05, 0) is 42.3 Å². The van der Waals surface area contributed by atoms with Crippen LogP contribution in [0.2, 0.25) is 0 Å². The lowest BCUT2D eigenvalue weighted by atomic mass is 9.88. The molecule has 5 rings (SSSR count). The van der Waals surface area contributed by atoms with E-state index in [1.54, 1.807) is 30.3 Å². The summed E-state index contributed by atoms with van der Waals surface area (Å²) in [5, 5.41) is 9.93. The number of anilines is 1. The smallest absolute Gasteiger partial charge is 0.265 e. The lowest BCUT2D eigenvalue weighted by molar-refractivity contribution is 0.357. The number of sulfonamides is 1. The quantitative estimate of drug-likeness (QED) is 0.493. The summed E-state index contributed by atoms with van der Waals surface area (Å²) in [5.41, 5.74) is 9.90. The molecule has 0 amide bonds. The fraction of sp³-hybridized carbons (Fsp3) is 0.115. The van der Waals surface area contributed by atoms with Gasteiger partial charge in [0.1, 0.15) is 16.5 Å². The van der Waals surface area contributed by atoms with Crippen molar-refractivity contribution in [3.05, 3.63) is 116 Å². The first kappa shape index (κ1) is 22.3. The van der Waals surface area contributed by atoms with Crippen molar-refractivity contribution in [1.82, 2.24) is 0 Å². The maximum atomic E-state index is 14.2. The van der Waals surface area contributed by atoms with Crippen molar-refractivity contribution in [3.63, 3.8) is 0 Å². The number of hydrogen-bond acceptors (Lipinski definition) is 5. The van der Waals surface area contributed by atoms with E-state index in [2.05, 4.69) is 22.0 Å². The van der Waals surface area contributed by atoms with Crippen LogP contribution in [0.5, 0.6) is 0 Å². The largest absolute Gasteiger partial charge is 0.439 e. The summed E-state index contributed by atoms with van der Waals surface area (Å²) in [7, 11) is -4.09. The summed E-state index contributed by atoms with van der Waals surface area (Å²) in [6.07, 6.45) is 0. The minimum atomic E-state index is -4.09. The van der Waals surface area contributed by atoms with Gasteiger partial charge >= 0.3 is 0 Å². The first-order chi connectivity index (χ1) is 16.3. The van der Waals surface area contributed by atoms with Crippen LogP contribution in [0, 0.1) is 18.3 Å². The highest BCUT2D eigenvalue weighted by Crippen LogP contribution is 2.51. The van der Waals surface area contributed by atoms with Crippen molar-refractivity contribution in [2.75, 3.05) is 4.31 Å². The van der Waals surface area contributed by atoms with Gasteiger partial charge in [0, 0.05) is 10.0 Å². The number of nitrogens with two attached hydrogens (primary N) is 1. The third-order valence-corrected chi connectivity index (χ3v) is 8.36. The van der Waals surface area contributed by atoms with Crippen molar-refractivity contribution in [3.8, 4) is 6.07 Å². The van der Waals surface area contributed by atoms with Crippen molar-refractivity contribution >= 4 is 37.4 Å². The van der Waals surface area contributed by atoms with Crippen molar-refractivity contribution in [1.29, 1.82) is 5.26 Å². The molecular formula is C26H20BrN3O3S. The zero-order valence-corrected chi connectivity index (χ0v) is 20.6. The van der Waals surface area contributed by atoms with Crippen LogP contribution in [-0.4, -0.2) is 8.42 Å². The van der Waals surface area contributed by atoms with Crippen molar-refractivity contribution in [2.45, 2.75) is 19.4 Å². The predicted octanol–water partition coefficient (Wildman–Crippen LogP) is 5.28. The fourth-order valence-corrected chi connectivity index (χ4v) is 6.69. The van der Waals surface area contributed by atoms with Gasteiger partial charge in [-0.1, -0.05) is 70.0 Å². The topological polar surface area (TPSA) is 96.4 Å². The number of allylic oxidation sites excluding steroid dienone is 2. The number of nitrogens with zero attached hydrogens (tertiary/aromatic N) is 2. The SMILES string of the molecule is Cc1ccc(CN2c3ccccc3C3=C([C@@H](c4cccc(Br)c4)C(C#N)=C(N)O3)S2(=O)=O)cc1. The van der Waals surface area contributed by atoms with E-state index in [-0.39, 0.29) is 28.7 Å². The van der Waals surface area contributed by atoms with Crippen LogP contribution in [0.25, 0.3) is 5.76 Å². The van der Waals surface area contributed by atoms with Crippen LogP contribution in [0.4, 0.5) is 5.69 Å². The Kier molecular flexibility index (Phi) is 5.47. The molecule has 0 saturated heterocycles. The standard InChI is InChI=1S/C26H20BrN3O3S/c1-16-9-11-17(12-10-16)15-30-22-8-3-2-7-20(22)24-25(34(30,31)32)23(21(14-28)26(29)33-24)18-5-4-6-19(27)13-18/h2-13,23H,15,29H2,1H3/t23-/m0/s1. The van der Waals surface area contributed by atoms with Gasteiger partial charge in [0.05, 0.1) is 18.2 Å². The number of halogens is 1. The number of nitriles is 1. The summed E-state index contributed by atoms with van der Waals surface area (Å²) >= 11 is 3.45. The number of ether oxygens (including phenoxy) is 1. The van der Waals surface area contributed by atoms with Gasteiger partial charge < -0.3 is 10.5 Å². The Bertz CT molecular complexity index is 1520. The van der Waals surface area contributed by atoms with E-state index in [1.807, 2.05) is 49.4 Å². The lowest BCUT2D eigenvalue weighted by Gasteiger charge is -2.38. The van der Waals surface area contributed by atoms with E-state index in [9.17, 15) is 13.7 Å². The van der Waals surface area contributed by atoms with Gasteiger partial charge in [-0.2, -0.15) is 5.26 Å². The minimum Gasteiger partial charge on any atom is -0.439 e. The second-order valence-electron chi connectivity index (χ2n) is 8.19. The zero-order chi connectivity index (χ0) is 24.0. The monoisotopic (exact) mass is 533 g/mol. The van der Waals surface area contributed by atoms with Gasteiger partial charge in [0.2, 0.25) is 5.88 Å². The fourth-order valence-electron chi connectivity index (χ4n) is 4.36. The van der Waals surface area contributed by atoms with Crippen LogP contribution < -0.4 is 10.0 Å². The third kappa shape index (κ3) is 3.58. The van der Waals surface area contributed by atoms with E-state index in [1.165, 1.54) is 4.31 Å². The summed E-state index contributed by atoms with van der Waals surface area (Å²) in [5.74, 6) is -0.828. The number of benzene rings is 3. The molecule has 2 aliphatic rings. The van der Waals surface area contributed by atoms with Crippen LogP contribution in [0.3, 0.4) is 0 Å². The van der Waals surface area contributed by atoms with Crippen LogP contribution >= 0.6 is 15.9 Å². The van der Waals surface area contributed by atoms with Crippen molar-refractivity contribution < 1.29 is 13.2 Å². The first-order valence-corrected chi connectivity index (χ1v) is 12.8. The first-order valence-electron chi connectivity index (χ1n) is 10.6. The van der Waals surface area contributed by atoms with E-state index >= 15 is 0 Å². The molecule has 0 aliphatic carbocycles. The van der Waals surface area contributed by atoms with Crippen LogP contribution in [0.15, 0.2) is 93.6 Å². The summed E-state index contributed by atoms with van der Waals surface area (Å²) < 4.78 is 36.4. The lowest BCUT2D eigenvalue weighted by Crippen LogP contribution is -2.39. The molecule has 0 bridgehead atoms. The zero-order valence-electron chi connectivity index (χ0n) is 18.2. The van der Waals surface area contributed by atoms with E-state index in [4.69, 9.17) is 10.5 Å². The molecule has 1 atom stereocenters. The average Bonchev–Trinajstić information content (AvgIpc) is 2.82.